The van der Waals surface area contributed by atoms with Gasteiger partial charge in [-0.15, -0.1) is 12.4 Å². The summed E-state index contributed by atoms with van der Waals surface area (Å²) in [5, 5.41) is 6.32. The third-order valence-corrected chi connectivity index (χ3v) is 5.41. The number of hydrogen-bond donors (Lipinski definition) is 2. The highest BCUT2D eigenvalue weighted by Gasteiger charge is 2.14. The molecule has 0 aliphatic carbocycles. The fraction of sp³-hybridized carbons (Fsp3) is 0.240. The van der Waals surface area contributed by atoms with Crippen LogP contribution in [0, 0.1) is 6.92 Å². The summed E-state index contributed by atoms with van der Waals surface area (Å²) in [6, 6.07) is 21.9. The lowest BCUT2D eigenvalue weighted by Gasteiger charge is -2.15. The number of halogens is 2. The van der Waals surface area contributed by atoms with Crippen molar-refractivity contribution in [2.24, 2.45) is 0 Å². The highest BCUT2D eigenvalue weighted by Crippen LogP contribution is 2.36. The van der Waals surface area contributed by atoms with Gasteiger partial charge in [0.05, 0.1) is 11.6 Å². The summed E-state index contributed by atoms with van der Waals surface area (Å²) in [6.07, 6.45) is 0.969. The highest BCUT2D eigenvalue weighted by molar-refractivity contribution is 9.10. The molecule has 5 nitrogen and oxygen atoms in total. The number of amides is 1. The molecule has 0 aromatic heterocycles. The quantitative estimate of drug-likeness (QED) is 0.345. The number of ether oxygens (including phenoxy) is 2. The van der Waals surface area contributed by atoms with Gasteiger partial charge in [0, 0.05) is 12.2 Å². The summed E-state index contributed by atoms with van der Waals surface area (Å²) < 4.78 is 12.0. The van der Waals surface area contributed by atoms with Crippen molar-refractivity contribution >= 4 is 39.9 Å². The van der Waals surface area contributed by atoms with Crippen LogP contribution in [0.5, 0.6) is 11.5 Å². The van der Waals surface area contributed by atoms with Gasteiger partial charge in [-0.3, -0.25) is 4.79 Å². The van der Waals surface area contributed by atoms with Crippen molar-refractivity contribution in [3.8, 4) is 11.5 Å². The van der Waals surface area contributed by atoms with E-state index in [1.807, 2.05) is 49.4 Å². The number of anilines is 1. The van der Waals surface area contributed by atoms with Crippen LogP contribution in [0.2, 0.25) is 0 Å². The molecule has 7 heteroatoms. The fourth-order valence-corrected chi connectivity index (χ4v) is 3.77. The summed E-state index contributed by atoms with van der Waals surface area (Å²) >= 11 is 3.55. The third kappa shape index (κ3) is 7.55. The molecule has 2 N–H and O–H groups in total. The number of aryl methyl sites for hydroxylation is 1. The Hall–Kier alpha value is -2.54. The van der Waals surface area contributed by atoms with Crippen LogP contribution in [0.25, 0.3) is 0 Å². The van der Waals surface area contributed by atoms with Crippen molar-refractivity contribution in [1.82, 2.24) is 5.32 Å². The molecule has 0 saturated carbocycles. The molecule has 0 fully saturated rings. The van der Waals surface area contributed by atoms with Crippen molar-refractivity contribution in [3.63, 3.8) is 0 Å². The maximum absolute atomic E-state index is 12.3. The van der Waals surface area contributed by atoms with Gasteiger partial charge in [0.15, 0.2) is 18.1 Å². The molecule has 0 saturated heterocycles. The number of benzene rings is 3. The second kappa shape index (κ2) is 13.1. The minimum absolute atomic E-state index is 0. The van der Waals surface area contributed by atoms with E-state index in [1.54, 1.807) is 7.11 Å². The predicted molar refractivity (Wildman–Crippen MR) is 135 cm³/mol. The Balaban J connectivity index is 0.00000363. The second-order valence-corrected chi connectivity index (χ2v) is 8.03. The number of carbonyl (C=O) groups excluding carboxylic acids is 1. The van der Waals surface area contributed by atoms with E-state index in [0.29, 0.717) is 18.0 Å². The van der Waals surface area contributed by atoms with Crippen molar-refractivity contribution in [2.45, 2.75) is 19.9 Å². The molecule has 3 aromatic rings. The number of nitrogens with one attached hydrogen (secondary N) is 2. The molecule has 0 unspecified atom stereocenters. The summed E-state index contributed by atoms with van der Waals surface area (Å²) in [5.41, 5.74) is 4.15. The molecule has 0 bridgehead atoms. The molecule has 0 aliphatic rings. The number of carbonyl (C=O) groups is 1. The zero-order valence-corrected chi connectivity index (χ0v) is 20.6. The molecule has 3 aromatic carbocycles. The molecule has 1 amide bonds. The zero-order valence-electron chi connectivity index (χ0n) is 18.2. The van der Waals surface area contributed by atoms with E-state index in [1.165, 1.54) is 5.56 Å². The van der Waals surface area contributed by atoms with Crippen LogP contribution in [-0.2, 0) is 17.8 Å². The van der Waals surface area contributed by atoms with E-state index in [2.05, 4.69) is 50.8 Å². The van der Waals surface area contributed by atoms with Crippen LogP contribution in [0.15, 0.2) is 71.2 Å². The summed E-state index contributed by atoms with van der Waals surface area (Å²) in [6.45, 7) is 3.41. The van der Waals surface area contributed by atoms with Gasteiger partial charge in [-0.25, -0.2) is 0 Å². The number of para-hydroxylation sites is 1. The summed E-state index contributed by atoms with van der Waals surface area (Å²) in [5.74, 6) is 0.864. The highest BCUT2D eigenvalue weighted by atomic mass is 79.9. The number of rotatable bonds is 10. The third-order valence-electron chi connectivity index (χ3n) is 4.82. The largest absolute Gasteiger partial charge is 0.493 e. The van der Waals surface area contributed by atoms with E-state index in [4.69, 9.17) is 9.47 Å². The van der Waals surface area contributed by atoms with E-state index in [9.17, 15) is 4.79 Å². The molecule has 32 heavy (non-hydrogen) atoms. The van der Waals surface area contributed by atoms with Crippen LogP contribution in [-0.4, -0.2) is 26.2 Å². The first-order valence-electron chi connectivity index (χ1n) is 10.2. The Morgan fingerprint density at radius 3 is 2.44 bits per heavy atom. The van der Waals surface area contributed by atoms with Gasteiger partial charge in [-0.05, 0) is 70.7 Å². The normalized spacial score (nSPS) is 10.2. The average molecular weight is 520 g/mol. The minimum Gasteiger partial charge on any atom is -0.493 e. The lowest BCUT2D eigenvalue weighted by atomic mass is 10.1. The first kappa shape index (κ1) is 25.7. The number of hydrogen-bond acceptors (Lipinski definition) is 4. The van der Waals surface area contributed by atoms with Gasteiger partial charge >= 0.3 is 0 Å². The van der Waals surface area contributed by atoms with E-state index in [-0.39, 0.29) is 24.9 Å². The molecule has 0 atom stereocenters. The van der Waals surface area contributed by atoms with Gasteiger partial charge in [0.1, 0.15) is 0 Å². The maximum atomic E-state index is 12.3. The van der Waals surface area contributed by atoms with Crippen molar-refractivity contribution in [2.75, 3.05) is 25.6 Å². The summed E-state index contributed by atoms with van der Waals surface area (Å²) in [7, 11) is 1.59. The van der Waals surface area contributed by atoms with Crippen LogP contribution in [0.4, 0.5) is 5.69 Å². The SMILES string of the molecule is COc1cc(CNCCc2ccccc2)cc(Br)c1OCC(=O)Nc1ccccc1C.Cl. The van der Waals surface area contributed by atoms with E-state index in [0.717, 1.165) is 34.3 Å². The van der Waals surface area contributed by atoms with Gasteiger partial charge in [-0.2, -0.15) is 0 Å². The maximum Gasteiger partial charge on any atom is 0.262 e. The van der Waals surface area contributed by atoms with Crippen molar-refractivity contribution in [3.05, 3.63) is 87.9 Å². The van der Waals surface area contributed by atoms with Crippen LogP contribution in [0.3, 0.4) is 0 Å². The van der Waals surface area contributed by atoms with E-state index < -0.39 is 0 Å². The smallest absolute Gasteiger partial charge is 0.262 e. The Labute approximate surface area is 204 Å². The Morgan fingerprint density at radius 1 is 1.00 bits per heavy atom. The molecule has 3 rings (SSSR count). The second-order valence-electron chi connectivity index (χ2n) is 7.17. The first-order chi connectivity index (χ1) is 15.1. The standard InChI is InChI=1S/C25H27BrN2O3.ClH/c1-18-8-6-7-11-22(18)28-24(29)17-31-25-21(26)14-20(15-23(25)30-2)16-27-13-12-19-9-4-3-5-10-19;/h3-11,14-15,27H,12-13,16-17H2,1-2H3,(H,28,29);1H. The van der Waals surface area contributed by atoms with Gasteiger partial charge in [-0.1, -0.05) is 48.5 Å². The first-order valence-corrected chi connectivity index (χ1v) is 11.0. The zero-order chi connectivity index (χ0) is 22.1. The Bertz CT molecular complexity index is 1020. The van der Waals surface area contributed by atoms with Crippen molar-refractivity contribution < 1.29 is 14.3 Å². The summed E-state index contributed by atoms with van der Waals surface area (Å²) in [4.78, 5) is 12.3. The fourth-order valence-electron chi connectivity index (χ4n) is 3.16. The molecule has 0 spiro atoms. The Morgan fingerprint density at radius 2 is 1.72 bits per heavy atom. The monoisotopic (exact) mass is 518 g/mol. The predicted octanol–water partition coefficient (Wildman–Crippen LogP) is 5.54. The molecule has 170 valence electrons. The molecule has 0 radical (unpaired) electrons. The molecular weight excluding hydrogens is 492 g/mol. The average Bonchev–Trinajstić information content (AvgIpc) is 2.78. The minimum atomic E-state index is -0.227. The van der Waals surface area contributed by atoms with Crippen LogP contribution >= 0.6 is 28.3 Å². The number of methoxy groups -OCH3 is 1. The molecule has 0 aliphatic heterocycles. The lowest BCUT2D eigenvalue weighted by Crippen LogP contribution is -2.21. The topological polar surface area (TPSA) is 59.6 Å². The van der Waals surface area contributed by atoms with Gasteiger partial charge < -0.3 is 20.1 Å². The Kier molecular flexibility index (Phi) is 10.5. The van der Waals surface area contributed by atoms with E-state index >= 15 is 0 Å². The lowest BCUT2D eigenvalue weighted by molar-refractivity contribution is -0.118. The van der Waals surface area contributed by atoms with Gasteiger partial charge in [0.2, 0.25) is 0 Å². The molecular formula is C25H28BrClN2O3. The van der Waals surface area contributed by atoms with Crippen LogP contribution in [0.1, 0.15) is 16.7 Å². The van der Waals surface area contributed by atoms with Crippen LogP contribution < -0.4 is 20.1 Å². The molecule has 0 heterocycles. The van der Waals surface area contributed by atoms with Gasteiger partial charge in [0.25, 0.3) is 5.91 Å². The van der Waals surface area contributed by atoms with Crippen molar-refractivity contribution in [1.29, 1.82) is 0 Å².